The molecule has 0 spiro atoms. The first-order chi connectivity index (χ1) is 7.72. The summed E-state index contributed by atoms with van der Waals surface area (Å²) in [6, 6.07) is 3.36. The molecule has 0 bridgehead atoms. The van der Waals surface area contributed by atoms with Crippen molar-refractivity contribution in [2.24, 2.45) is 5.16 Å². The summed E-state index contributed by atoms with van der Waals surface area (Å²) in [6.07, 6.45) is 1.28. The third-order valence-corrected chi connectivity index (χ3v) is 2.11. The van der Waals surface area contributed by atoms with Crippen molar-refractivity contribution in [1.82, 2.24) is 0 Å². The summed E-state index contributed by atoms with van der Waals surface area (Å²) in [5.74, 6) is 1.06. The van der Waals surface area contributed by atoms with Gasteiger partial charge in [0.25, 0.3) is 0 Å². The molecule has 16 heavy (non-hydrogen) atoms. The minimum Gasteiger partial charge on any atom is -0.490 e. The van der Waals surface area contributed by atoms with E-state index < -0.39 is 0 Å². The van der Waals surface area contributed by atoms with Crippen molar-refractivity contribution in [1.29, 1.82) is 0 Å². The van der Waals surface area contributed by atoms with Crippen LogP contribution in [0.25, 0.3) is 0 Å². The van der Waals surface area contributed by atoms with Crippen LogP contribution in [0.5, 0.6) is 11.5 Å². The molecule has 0 heterocycles. The van der Waals surface area contributed by atoms with Crippen LogP contribution in [0, 0.1) is 0 Å². The van der Waals surface area contributed by atoms with E-state index in [2.05, 4.69) is 5.16 Å². The van der Waals surface area contributed by atoms with Crippen LogP contribution in [0.2, 0.25) is 5.02 Å². The van der Waals surface area contributed by atoms with Crippen LogP contribution in [0.4, 0.5) is 0 Å². The third-order valence-electron chi connectivity index (χ3n) is 1.83. The maximum absolute atomic E-state index is 8.46. The molecule has 1 N–H and O–H groups in total. The molecule has 1 aromatic carbocycles. The molecule has 88 valence electrons. The van der Waals surface area contributed by atoms with Gasteiger partial charge in [-0.15, -0.1) is 0 Å². The second kappa shape index (κ2) is 6.23. The second-order valence-corrected chi connectivity index (χ2v) is 3.35. The van der Waals surface area contributed by atoms with E-state index >= 15 is 0 Å². The van der Waals surface area contributed by atoms with E-state index in [1.807, 2.05) is 13.8 Å². The first-order valence-corrected chi connectivity index (χ1v) is 5.37. The zero-order valence-corrected chi connectivity index (χ0v) is 9.99. The highest BCUT2D eigenvalue weighted by Gasteiger charge is 2.11. The lowest BCUT2D eigenvalue weighted by atomic mass is 10.2. The highest BCUT2D eigenvalue weighted by molar-refractivity contribution is 6.32. The van der Waals surface area contributed by atoms with Crippen LogP contribution < -0.4 is 9.47 Å². The molecular weight excluding hydrogens is 230 g/mol. The van der Waals surface area contributed by atoms with Gasteiger partial charge >= 0.3 is 0 Å². The normalized spacial score (nSPS) is 10.7. The first kappa shape index (κ1) is 12.6. The van der Waals surface area contributed by atoms with Crippen LogP contribution >= 0.6 is 11.6 Å². The molecule has 0 atom stereocenters. The van der Waals surface area contributed by atoms with Crippen molar-refractivity contribution in [3.8, 4) is 11.5 Å². The van der Waals surface area contributed by atoms with E-state index in [0.29, 0.717) is 35.3 Å². The zero-order valence-electron chi connectivity index (χ0n) is 9.24. The number of rotatable bonds is 5. The van der Waals surface area contributed by atoms with Gasteiger partial charge in [0.05, 0.1) is 24.5 Å². The Morgan fingerprint density at radius 1 is 1.31 bits per heavy atom. The van der Waals surface area contributed by atoms with Crippen LogP contribution in [-0.2, 0) is 0 Å². The van der Waals surface area contributed by atoms with Crippen LogP contribution in [0.1, 0.15) is 19.4 Å². The molecule has 0 unspecified atom stereocenters. The summed E-state index contributed by atoms with van der Waals surface area (Å²) in [5.41, 5.74) is 0.652. The predicted octanol–water partition coefficient (Wildman–Crippen LogP) is 2.95. The van der Waals surface area contributed by atoms with Gasteiger partial charge in [-0.2, -0.15) is 0 Å². The third kappa shape index (κ3) is 3.03. The fourth-order valence-corrected chi connectivity index (χ4v) is 1.55. The lowest BCUT2D eigenvalue weighted by Crippen LogP contribution is -2.00. The molecule has 0 saturated carbocycles. The molecule has 0 amide bonds. The fraction of sp³-hybridized carbons (Fsp3) is 0.364. The molecule has 1 rings (SSSR count). The lowest BCUT2D eigenvalue weighted by molar-refractivity contribution is 0.288. The monoisotopic (exact) mass is 243 g/mol. The van der Waals surface area contributed by atoms with Gasteiger partial charge in [0.2, 0.25) is 0 Å². The largest absolute Gasteiger partial charge is 0.490 e. The zero-order chi connectivity index (χ0) is 12.0. The molecule has 0 saturated heterocycles. The van der Waals surface area contributed by atoms with Crippen LogP contribution in [0.3, 0.4) is 0 Å². The number of hydrogen-bond acceptors (Lipinski definition) is 4. The van der Waals surface area contributed by atoms with Crippen molar-refractivity contribution in [3.05, 3.63) is 22.7 Å². The SMILES string of the molecule is CCOc1cc(/C=N\O)cc(Cl)c1OCC. The highest BCUT2D eigenvalue weighted by atomic mass is 35.5. The topological polar surface area (TPSA) is 51.0 Å². The molecule has 0 aliphatic rings. The van der Waals surface area contributed by atoms with Crippen LogP contribution in [0.15, 0.2) is 17.3 Å². The Hall–Kier alpha value is -1.42. The first-order valence-electron chi connectivity index (χ1n) is 4.99. The van der Waals surface area contributed by atoms with Crippen molar-refractivity contribution in [2.45, 2.75) is 13.8 Å². The second-order valence-electron chi connectivity index (χ2n) is 2.94. The van der Waals surface area contributed by atoms with Gasteiger partial charge in [-0.1, -0.05) is 16.8 Å². The Labute approximate surface area is 99.4 Å². The lowest BCUT2D eigenvalue weighted by Gasteiger charge is -2.12. The summed E-state index contributed by atoms with van der Waals surface area (Å²) < 4.78 is 10.8. The Morgan fingerprint density at radius 2 is 2.00 bits per heavy atom. The molecule has 0 aliphatic heterocycles. The van der Waals surface area contributed by atoms with Gasteiger partial charge < -0.3 is 14.7 Å². The fourth-order valence-electron chi connectivity index (χ4n) is 1.28. The minimum atomic E-state index is 0.433. The smallest absolute Gasteiger partial charge is 0.179 e. The molecule has 0 aromatic heterocycles. The van der Waals surface area contributed by atoms with Gasteiger partial charge in [-0.25, -0.2) is 0 Å². The Balaban J connectivity index is 3.15. The van der Waals surface area contributed by atoms with Crippen LogP contribution in [-0.4, -0.2) is 24.6 Å². The number of nitrogens with zero attached hydrogens (tertiary/aromatic N) is 1. The molecule has 0 aliphatic carbocycles. The summed E-state index contributed by atoms with van der Waals surface area (Å²) >= 11 is 6.04. The molecule has 1 aromatic rings. The average Bonchev–Trinajstić information content (AvgIpc) is 2.24. The van der Waals surface area contributed by atoms with Gasteiger partial charge in [-0.05, 0) is 26.0 Å². The van der Waals surface area contributed by atoms with E-state index in [1.54, 1.807) is 12.1 Å². The van der Waals surface area contributed by atoms with E-state index in [4.69, 9.17) is 26.3 Å². The van der Waals surface area contributed by atoms with Gasteiger partial charge in [0, 0.05) is 5.56 Å². The number of oxime groups is 1. The van der Waals surface area contributed by atoms with Crippen molar-refractivity contribution in [3.63, 3.8) is 0 Å². The van der Waals surface area contributed by atoms with E-state index in [0.717, 1.165) is 0 Å². The van der Waals surface area contributed by atoms with Crippen molar-refractivity contribution >= 4 is 17.8 Å². The van der Waals surface area contributed by atoms with E-state index in [1.165, 1.54) is 6.21 Å². The van der Waals surface area contributed by atoms with E-state index in [9.17, 15) is 0 Å². The molecule has 4 nitrogen and oxygen atoms in total. The quantitative estimate of drug-likeness (QED) is 0.491. The van der Waals surface area contributed by atoms with E-state index in [-0.39, 0.29) is 0 Å². The number of benzene rings is 1. The molecule has 5 heteroatoms. The molecule has 0 fully saturated rings. The predicted molar refractivity (Wildman–Crippen MR) is 63.2 cm³/mol. The van der Waals surface area contributed by atoms with Gasteiger partial charge in [0.1, 0.15) is 0 Å². The average molecular weight is 244 g/mol. The Bertz CT molecular complexity index is 380. The van der Waals surface area contributed by atoms with Crippen molar-refractivity contribution < 1.29 is 14.7 Å². The molecule has 0 radical (unpaired) electrons. The Morgan fingerprint density at radius 3 is 2.56 bits per heavy atom. The maximum Gasteiger partial charge on any atom is 0.179 e. The summed E-state index contributed by atoms with van der Waals surface area (Å²) in [7, 11) is 0. The molecular formula is C11H14ClNO3. The highest BCUT2D eigenvalue weighted by Crippen LogP contribution is 2.36. The number of hydrogen-bond donors (Lipinski definition) is 1. The summed E-state index contributed by atoms with van der Waals surface area (Å²) in [6.45, 7) is 4.76. The van der Waals surface area contributed by atoms with Crippen molar-refractivity contribution in [2.75, 3.05) is 13.2 Å². The standard InChI is InChI=1S/C11H14ClNO3/c1-3-15-10-6-8(7-13-14)5-9(12)11(10)16-4-2/h5-7,14H,3-4H2,1-2H3/b13-7-. The Kier molecular flexibility index (Phi) is 4.92. The maximum atomic E-state index is 8.46. The minimum absolute atomic E-state index is 0.433. The number of halogens is 1. The number of ether oxygens (including phenoxy) is 2. The summed E-state index contributed by atoms with van der Waals surface area (Å²) in [4.78, 5) is 0. The van der Waals surface area contributed by atoms with Gasteiger partial charge in [0.15, 0.2) is 11.5 Å². The summed E-state index contributed by atoms with van der Waals surface area (Å²) in [5, 5.41) is 11.8. The van der Waals surface area contributed by atoms with Gasteiger partial charge in [-0.3, -0.25) is 0 Å².